The molecule has 100 valence electrons. The van der Waals surface area contributed by atoms with E-state index in [1.807, 2.05) is 0 Å². The minimum atomic E-state index is 0.0398. The summed E-state index contributed by atoms with van der Waals surface area (Å²) in [5, 5.41) is 12.8. The third-order valence-electron chi connectivity index (χ3n) is 5.67. The number of rotatable bonds is 4. The Labute approximate surface area is 111 Å². The van der Waals surface area contributed by atoms with Crippen molar-refractivity contribution >= 4 is 0 Å². The molecule has 4 rings (SSSR count). The quantitative estimate of drug-likeness (QED) is 0.826. The van der Waals surface area contributed by atoms with Crippen molar-refractivity contribution in [3.8, 4) is 6.07 Å². The molecule has 4 saturated carbocycles. The maximum absolute atomic E-state index is 9.20. The molecule has 2 heteroatoms. The van der Waals surface area contributed by atoms with E-state index >= 15 is 0 Å². The minimum Gasteiger partial charge on any atom is -0.301 e. The van der Waals surface area contributed by atoms with Gasteiger partial charge in [0.1, 0.15) is 0 Å². The molecule has 4 bridgehead atoms. The van der Waals surface area contributed by atoms with Gasteiger partial charge in [-0.25, -0.2) is 0 Å². The molecule has 0 amide bonds. The smallest absolute Gasteiger partial charge is 0.0976 e. The fourth-order valence-corrected chi connectivity index (χ4v) is 5.26. The first-order chi connectivity index (χ1) is 8.60. The predicted molar refractivity (Wildman–Crippen MR) is 72.8 cm³/mol. The summed E-state index contributed by atoms with van der Waals surface area (Å²) in [7, 11) is 0. The summed E-state index contributed by atoms with van der Waals surface area (Å²) in [5.41, 5.74) is 0.554. The van der Waals surface area contributed by atoms with Crippen LogP contribution < -0.4 is 5.32 Å². The second-order valence-corrected chi connectivity index (χ2v) is 7.65. The van der Waals surface area contributed by atoms with Gasteiger partial charge in [-0.2, -0.15) is 5.26 Å². The Balaban J connectivity index is 1.64. The van der Waals surface area contributed by atoms with Gasteiger partial charge in [-0.05, 0) is 67.6 Å². The molecule has 0 spiro atoms. The highest BCUT2D eigenvalue weighted by atomic mass is 14.9. The van der Waals surface area contributed by atoms with E-state index in [0.29, 0.717) is 11.3 Å². The van der Waals surface area contributed by atoms with Gasteiger partial charge in [0.05, 0.1) is 12.1 Å². The molecule has 18 heavy (non-hydrogen) atoms. The van der Waals surface area contributed by atoms with E-state index in [1.165, 1.54) is 38.5 Å². The third-order valence-corrected chi connectivity index (χ3v) is 5.67. The molecule has 0 saturated heterocycles. The van der Waals surface area contributed by atoms with Gasteiger partial charge in [0.15, 0.2) is 0 Å². The first-order valence-corrected chi connectivity index (χ1v) is 7.73. The van der Waals surface area contributed by atoms with Crippen molar-refractivity contribution in [2.75, 3.05) is 6.54 Å². The van der Waals surface area contributed by atoms with Gasteiger partial charge in [-0.15, -0.1) is 0 Å². The van der Waals surface area contributed by atoms with Crippen molar-refractivity contribution in [2.24, 2.45) is 29.1 Å². The molecular formula is C16H26N2. The molecule has 2 nitrogen and oxygen atoms in total. The van der Waals surface area contributed by atoms with Crippen LogP contribution in [0.3, 0.4) is 0 Å². The van der Waals surface area contributed by atoms with Crippen LogP contribution in [0.5, 0.6) is 0 Å². The van der Waals surface area contributed by atoms with E-state index in [2.05, 4.69) is 25.2 Å². The molecule has 4 fully saturated rings. The van der Waals surface area contributed by atoms with Gasteiger partial charge in [0.25, 0.3) is 0 Å². The Morgan fingerprint density at radius 2 is 1.61 bits per heavy atom. The first kappa shape index (κ1) is 12.5. The normalized spacial score (nSPS) is 43.1. The Bertz CT molecular complexity index is 317. The van der Waals surface area contributed by atoms with Crippen molar-refractivity contribution < 1.29 is 0 Å². The summed E-state index contributed by atoms with van der Waals surface area (Å²) in [6, 6.07) is 2.46. The van der Waals surface area contributed by atoms with Crippen LogP contribution in [0.25, 0.3) is 0 Å². The minimum absolute atomic E-state index is 0.0398. The van der Waals surface area contributed by atoms with Crippen LogP contribution in [-0.2, 0) is 0 Å². The molecule has 0 heterocycles. The van der Waals surface area contributed by atoms with Crippen LogP contribution in [-0.4, -0.2) is 12.6 Å². The monoisotopic (exact) mass is 246 g/mol. The van der Waals surface area contributed by atoms with E-state index in [9.17, 15) is 5.26 Å². The van der Waals surface area contributed by atoms with E-state index in [0.717, 1.165) is 24.3 Å². The molecule has 0 aromatic heterocycles. The number of nitrogens with zero attached hydrogens (tertiary/aromatic N) is 1. The number of nitrogens with one attached hydrogen (secondary N) is 1. The highest BCUT2D eigenvalue weighted by Gasteiger charge is 2.50. The van der Waals surface area contributed by atoms with Crippen molar-refractivity contribution in [1.82, 2.24) is 5.32 Å². The number of hydrogen-bond acceptors (Lipinski definition) is 2. The highest BCUT2D eigenvalue weighted by molar-refractivity contribution is 5.03. The van der Waals surface area contributed by atoms with Crippen molar-refractivity contribution in [1.29, 1.82) is 5.26 Å². The summed E-state index contributed by atoms with van der Waals surface area (Å²) < 4.78 is 0. The molecule has 1 N–H and O–H groups in total. The third kappa shape index (κ3) is 2.18. The van der Waals surface area contributed by atoms with Crippen LogP contribution in [0.1, 0.15) is 52.4 Å². The summed E-state index contributed by atoms with van der Waals surface area (Å²) in [6.07, 6.45) is 8.81. The van der Waals surface area contributed by atoms with Crippen molar-refractivity contribution in [2.45, 2.75) is 58.4 Å². The maximum Gasteiger partial charge on any atom is 0.0976 e. The van der Waals surface area contributed by atoms with Crippen molar-refractivity contribution in [3.63, 3.8) is 0 Å². The zero-order valence-electron chi connectivity index (χ0n) is 11.8. The van der Waals surface area contributed by atoms with Gasteiger partial charge < -0.3 is 5.32 Å². The van der Waals surface area contributed by atoms with Gasteiger partial charge in [0, 0.05) is 6.54 Å². The van der Waals surface area contributed by atoms with Crippen LogP contribution in [0, 0.1) is 40.4 Å². The molecular weight excluding hydrogens is 220 g/mol. The van der Waals surface area contributed by atoms with E-state index in [-0.39, 0.29) is 6.04 Å². The lowest BCUT2D eigenvalue weighted by atomic mass is 9.49. The summed E-state index contributed by atoms with van der Waals surface area (Å²) >= 11 is 0. The zero-order valence-corrected chi connectivity index (χ0v) is 11.8. The lowest BCUT2D eigenvalue weighted by Gasteiger charge is -2.57. The summed E-state index contributed by atoms with van der Waals surface area (Å²) in [6.45, 7) is 5.37. The highest BCUT2D eigenvalue weighted by Crippen LogP contribution is 2.59. The average molecular weight is 246 g/mol. The average Bonchev–Trinajstić information content (AvgIpc) is 2.27. The molecule has 0 aliphatic heterocycles. The largest absolute Gasteiger partial charge is 0.301 e. The Kier molecular flexibility index (Phi) is 3.14. The van der Waals surface area contributed by atoms with Crippen LogP contribution in [0.15, 0.2) is 0 Å². The molecule has 0 radical (unpaired) electrons. The summed E-state index contributed by atoms with van der Waals surface area (Å²) in [4.78, 5) is 0. The van der Waals surface area contributed by atoms with Crippen LogP contribution >= 0.6 is 0 Å². The SMILES string of the molecule is CC(C)C(C#N)NCC12CC3CC(CC(C3)C1)C2. The molecule has 0 aromatic rings. The topological polar surface area (TPSA) is 35.8 Å². The van der Waals surface area contributed by atoms with Gasteiger partial charge in [0.2, 0.25) is 0 Å². The lowest BCUT2D eigenvalue weighted by molar-refractivity contribution is -0.0522. The molecule has 4 aliphatic rings. The number of nitriles is 1. The molecule has 4 aliphatic carbocycles. The standard InChI is InChI=1S/C16H26N2/c1-11(2)15(9-17)18-10-16-6-12-3-13(7-16)5-14(4-12)8-16/h11-15,18H,3-8,10H2,1-2H3. The zero-order chi connectivity index (χ0) is 12.8. The first-order valence-electron chi connectivity index (χ1n) is 7.73. The Morgan fingerprint density at radius 3 is 2.00 bits per heavy atom. The molecule has 0 aromatic carbocycles. The van der Waals surface area contributed by atoms with Gasteiger partial charge in [-0.1, -0.05) is 13.8 Å². The predicted octanol–water partition coefficient (Wildman–Crippen LogP) is 3.34. The van der Waals surface area contributed by atoms with Crippen LogP contribution in [0.2, 0.25) is 0 Å². The van der Waals surface area contributed by atoms with Gasteiger partial charge >= 0.3 is 0 Å². The van der Waals surface area contributed by atoms with Crippen LogP contribution in [0.4, 0.5) is 0 Å². The Hall–Kier alpha value is -0.550. The van der Waals surface area contributed by atoms with Gasteiger partial charge in [-0.3, -0.25) is 0 Å². The van der Waals surface area contributed by atoms with E-state index in [1.54, 1.807) is 0 Å². The fraction of sp³-hybridized carbons (Fsp3) is 0.938. The lowest BCUT2D eigenvalue weighted by Crippen LogP contribution is -2.52. The van der Waals surface area contributed by atoms with E-state index in [4.69, 9.17) is 0 Å². The second-order valence-electron chi connectivity index (χ2n) is 7.65. The molecule has 1 atom stereocenters. The molecule has 1 unspecified atom stereocenters. The van der Waals surface area contributed by atoms with Crippen molar-refractivity contribution in [3.05, 3.63) is 0 Å². The second kappa shape index (κ2) is 4.53. The maximum atomic E-state index is 9.20. The fourth-order valence-electron chi connectivity index (χ4n) is 5.26. The number of hydrogen-bond donors (Lipinski definition) is 1. The van der Waals surface area contributed by atoms with E-state index < -0.39 is 0 Å². The Morgan fingerprint density at radius 1 is 1.11 bits per heavy atom. The summed E-state index contributed by atoms with van der Waals surface area (Å²) in [5.74, 6) is 3.46.